The normalized spacial score (nSPS) is 16.4. The van der Waals surface area contributed by atoms with E-state index in [0.717, 1.165) is 12.8 Å². The van der Waals surface area contributed by atoms with Gasteiger partial charge in [0.2, 0.25) is 0 Å². The minimum Gasteiger partial charge on any atom is -0.373 e. The fraction of sp³-hybridized carbons (Fsp3) is 0.138. The van der Waals surface area contributed by atoms with Gasteiger partial charge < -0.3 is 16.1 Å². The van der Waals surface area contributed by atoms with E-state index in [-0.39, 0.29) is 0 Å². The number of aromatic nitrogens is 1. The second-order valence-electron chi connectivity index (χ2n) is 9.26. The highest BCUT2D eigenvalue weighted by Gasteiger charge is 2.32. The maximum Gasteiger partial charge on any atom is 0.103 e. The summed E-state index contributed by atoms with van der Waals surface area (Å²) in [6, 6.07) is 20.8. The second-order valence-corrected chi connectivity index (χ2v) is 10.1. The molecule has 192 valence electrons. The Bertz CT molecular complexity index is 1760. The molecule has 2 heterocycles. The third-order valence-corrected chi connectivity index (χ3v) is 7.01. The summed E-state index contributed by atoms with van der Waals surface area (Å²) in [5.41, 5.74) is 10.4. The zero-order chi connectivity index (χ0) is 27.9. The van der Waals surface area contributed by atoms with Gasteiger partial charge in [0, 0.05) is 40.2 Å². The summed E-state index contributed by atoms with van der Waals surface area (Å²) in [6.45, 7) is 0. The molecule has 0 spiro atoms. The minimum atomic E-state index is -1.53. The van der Waals surface area contributed by atoms with Gasteiger partial charge in [-0.15, -0.1) is 5.53 Å². The highest BCUT2D eigenvalue weighted by Crippen LogP contribution is 2.37. The van der Waals surface area contributed by atoms with Crippen molar-refractivity contribution in [2.24, 2.45) is 0 Å². The van der Waals surface area contributed by atoms with E-state index in [2.05, 4.69) is 38.7 Å². The average Bonchev–Trinajstić information content (AvgIpc) is 3.69. The van der Waals surface area contributed by atoms with Gasteiger partial charge in [-0.05, 0) is 60.9 Å². The van der Waals surface area contributed by atoms with Crippen LogP contribution in [0.4, 0.5) is 17.1 Å². The van der Waals surface area contributed by atoms with E-state index in [4.69, 9.17) is 23.2 Å². The molecule has 1 aromatic heterocycles. The number of halogens is 2. The van der Waals surface area contributed by atoms with Crippen LogP contribution in [-0.2, 0) is 0 Å². The molecule has 2 aliphatic rings. The Balaban J connectivity index is 1.47. The van der Waals surface area contributed by atoms with Gasteiger partial charge in [-0.2, -0.15) is 10.5 Å². The number of benzene rings is 3. The molecule has 0 radical (unpaired) electrons. The molecule has 4 N–H and O–H groups in total. The predicted molar refractivity (Wildman–Crippen MR) is 153 cm³/mol. The van der Waals surface area contributed by atoms with E-state index >= 15 is 0 Å². The molecule has 0 unspecified atom stereocenters. The molecule has 0 bridgehead atoms. The van der Waals surface area contributed by atoms with Crippen LogP contribution in [0.1, 0.15) is 36.9 Å². The molecule has 1 atom stereocenters. The van der Waals surface area contributed by atoms with Gasteiger partial charge in [0.05, 0.1) is 46.5 Å². The monoisotopic (exact) mass is 553 g/mol. The quantitative estimate of drug-likeness (QED) is 0.205. The van der Waals surface area contributed by atoms with E-state index in [1.54, 1.807) is 48.5 Å². The first-order valence-corrected chi connectivity index (χ1v) is 13.0. The Morgan fingerprint density at radius 2 is 1.90 bits per heavy atom. The van der Waals surface area contributed by atoms with Crippen LogP contribution in [0.5, 0.6) is 0 Å². The molecule has 4 aromatic rings. The zero-order valence-electron chi connectivity index (χ0n) is 21.5. The van der Waals surface area contributed by atoms with Gasteiger partial charge in [0.25, 0.3) is 0 Å². The van der Waals surface area contributed by atoms with Crippen molar-refractivity contribution in [1.29, 1.82) is 10.5 Å². The van der Waals surface area contributed by atoms with Crippen LogP contribution in [-0.4, -0.2) is 16.0 Å². The van der Waals surface area contributed by atoms with Gasteiger partial charge in [0.1, 0.15) is 6.07 Å². The summed E-state index contributed by atoms with van der Waals surface area (Å²) < 4.78 is 9.67. The Kier molecular flexibility index (Phi) is 6.28. The molecule has 8 nitrogen and oxygen atoms in total. The molecular weight excluding hydrogens is 531 g/mol. The summed E-state index contributed by atoms with van der Waals surface area (Å²) in [7, 11) is 0. The number of rotatable bonds is 7. The van der Waals surface area contributed by atoms with Crippen LogP contribution in [0.3, 0.4) is 0 Å². The van der Waals surface area contributed by atoms with Crippen molar-refractivity contribution in [1.82, 2.24) is 21.0 Å². The summed E-state index contributed by atoms with van der Waals surface area (Å²) in [5.74, 6) is 0. The van der Waals surface area contributed by atoms with Crippen LogP contribution in [0.25, 0.3) is 10.9 Å². The number of nitrogens with zero attached hydrogens (tertiary/aromatic N) is 4. The van der Waals surface area contributed by atoms with E-state index in [1.807, 2.05) is 23.3 Å². The van der Waals surface area contributed by atoms with Crippen molar-refractivity contribution >= 4 is 51.2 Å². The van der Waals surface area contributed by atoms with Crippen molar-refractivity contribution in [3.8, 4) is 12.1 Å². The molecule has 1 saturated carbocycles. The van der Waals surface area contributed by atoms with Crippen molar-refractivity contribution in [2.75, 3.05) is 10.6 Å². The third kappa shape index (κ3) is 5.14. The topological polar surface area (TPSA) is 112 Å². The first kappa shape index (κ1) is 23.6. The molecule has 39 heavy (non-hydrogen) atoms. The number of nitriles is 2. The number of anilines is 3. The maximum atomic E-state index is 9.86. The molecule has 0 amide bonds. The number of hydrogen-bond acceptors (Lipinski definition) is 8. The molecular formula is C29H22Cl2N8. The molecule has 1 aliphatic heterocycles. The Hall–Kier alpha value is -4.47. The van der Waals surface area contributed by atoms with Crippen molar-refractivity contribution in [3.63, 3.8) is 0 Å². The molecule has 0 saturated heterocycles. The lowest BCUT2D eigenvalue weighted by atomic mass is 10.0. The largest absolute Gasteiger partial charge is 0.373 e. The average molecular weight is 554 g/mol. The molecule has 1 fully saturated rings. The SMILES string of the molecule is [2H][C@](Nc1cc(Cl)c2ncc(C#N)c(Nc3cccc(Cl)c3)c2c1)(C1=CN(C2CC2)NN1)c1cccc(C#N)c1. The lowest BCUT2D eigenvalue weighted by Crippen LogP contribution is -2.38. The van der Waals surface area contributed by atoms with Crippen molar-refractivity contribution in [2.45, 2.75) is 24.9 Å². The Morgan fingerprint density at radius 3 is 2.67 bits per heavy atom. The number of hydrazine groups is 2. The van der Waals surface area contributed by atoms with Crippen LogP contribution >= 0.6 is 23.2 Å². The summed E-state index contributed by atoms with van der Waals surface area (Å²) >= 11 is 12.9. The molecule has 10 heteroatoms. The summed E-state index contributed by atoms with van der Waals surface area (Å²) in [4.78, 5) is 4.43. The number of fused-ring (bicyclic) bond motifs is 1. The lowest BCUT2D eigenvalue weighted by Gasteiger charge is -2.22. The fourth-order valence-corrected chi connectivity index (χ4v) is 4.91. The van der Waals surface area contributed by atoms with E-state index < -0.39 is 6.02 Å². The Labute approximate surface area is 236 Å². The molecule has 6 rings (SSSR count). The van der Waals surface area contributed by atoms with Gasteiger partial charge in [-0.1, -0.05) is 41.4 Å². The minimum absolute atomic E-state index is 0.323. The van der Waals surface area contributed by atoms with Crippen LogP contribution < -0.4 is 21.6 Å². The smallest absolute Gasteiger partial charge is 0.103 e. The summed E-state index contributed by atoms with van der Waals surface area (Å²) in [5, 5.41) is 29.5. The number of pyridine rings is 1. The van der Waals surface area contributed by atoms with E-state index in [1.165, 1.54) is 6.20 Å². The molecule has 3 aromatic carbocycles. The van der Waals surface area contributed by atoms with E-state index in [9.17, 15) is 11.9 Å². The maximum absolute atomic E-state index is 9.86. The van der Waals surface area contributed by atoms with Crippen molar-refractivity contribution < 1.29 is 1.37 Å². The first-order chi connectivity index (χ1) is 19.4. The molecule has 1 aliphatic carbocycles. The van der Waals surface area contributed by atoms with Crippen LogP contribution in [0.15, 0.2) is 78.8 Å². The highest BCUT2D eigenvalue weighted by molar-refractivity contribution is 6.36. The summed E-state index contributed by atoms with van der Waals surface area (Å²) in [6.07, 6.45) is 5.48. The predicted octanol–water partition coefficient (Wildman–Crippen LogP) is 6.51. The lowest BCUT2D eigenvalue weighted by molar-refractivity contribution is 0.260. The third-order valence-electron chi connectivity index (χ3n) is 6.49. The second kappa shape index (κ2) is 10.4. The number of hydrogen-bond donors (Lipinski definition) is 4. The van der Waals surface area contributed by atoms with Gasteiger partial charge in [0.15, 0.2) is 0 Å². The van der Waals surface area contributed by atoms with Crippen LogP contribution in [0.2, 0.25) is 10.0 Å². The standard InChI is InChI=1S/C29H22Cl2N8/c30-20-5-2-6-21(10-20)35-27-19(14-33)15-34-29-24(27)11-22(12-25(29)31)36-28(18-4-1-3-17(9-18)13-32)26-16-39(38-37-26)23-7-8-23/h1-6,9-12,15-16,23,28,36-38H,7-8H2,(H,34,35)/t28-/m1/s1/i28D. The van der Waals surface area contributed by atoms with Gasteiger partial charge in [-0.3, -0.25) is 9.99 Å². The van der Waals surface area contributed by atoms with Crippen molar-refractivity contribution in [3.05, 3.63) is 105 Å². The van der Waals surface area contributed by atoms with Gasteiger partial charge >= 0.3 is 0 Å². The van der Waals surface area contributed by atoms with Crippen LogP contribution in [0, 0.1) is 22.7 Å². The zero-order valence-corrected chi connectivity index (χ0v) is 22.0. The van der Waals surface area contributed by atoms with Gasteiger partial charge in [-0.25, -0.2) is 0 Å². The highest BCUT2D eigenvalue weighted by atomic mass is 35.5. The number of nitrogens with one attached hydrogen (secondary N) is 4. The van der Waals surface area contributed by atoms with E-state index in [0.29, 0.717) is 66.4 Å². The Morgan fingerprint density at radius 1 is 1.05 bits per heavy atom. The first-order valence-electron chi connectivity index (χ1n) is 12.7. The fourth-order valence-electron chi connectivity index (χ4n) is 4.45.